The number of fused-ring (bicyclic) bond motifs is 2. The van der Waals surface area contributed by atoms with Crippen LogP contribution in [0.15, 0.2) is 95.9 Å². The Morgan fingerprint density at radius 1 is 0.605 bits per heavy atom. The van der Waals surface area contributed by atoms with Crippen LogP contribution in [-0.4, -0.2) is 27.0 Å². The number of hydrogen-bond acceptors (Lipinski definition) is 1. The van der Waals surface area contributed by atoms with Gasteiger partial charge in [0.2, 0.25) is 0 Å². The Balaban J connectivity index is 1.58. The predicted octanol–water partition coefficient (Wildman–Crippen LogP) is 10.2. The number of methoxy groups -OCH3 is 1. The molecule has 4 rings (SSSR count). The molecule has 2 heteroatoms. The van der Waals surface area contributed by atoms with Gasteiger partial charge in [0.1, 0.15) is 0 Å². The third-order valence-corrected chi connectivity index (χ3v) is 17.5. The monoisotopic (exact) mass is 568 g/mol. The van der Waals surface area contributed by atoms with Crippen LogP contribution in [-0.2, 0) is 15.2 Å². The van der Waals surface area contributed by atoms with Gasteiger partial charge in [-0.25, -0.2) is 0 Å². The van der Waals surface area contributed by atoms with Crippen molar-refractivity contribution in [3.63, 3.8) is 0 Å². The van der Waals surface area contributed by atoms with E-state index < -0.39 is 13.3 Å². The number of rotatable bonds is 16. The van der Waals surface area contributed by atoms with Crippen molar-refractivity contribution in [3.05, 3.63) is 107 Å². The topological polar surface area (TPSA) is 9.23 Å². The summed E-state index contributed by atoms with van der Waals surface area (Å²) in [7, 11) is 1.81. The number of benzene rings is 4. The molecule has 0 saturated heterocycles. The van der Waals surface area contributed by atoms with Crippen molar-refractivity contribution in [3.8, 4) is 0 Å². The van der Waals surface area contributed by atoms with E-state index in [0.29, 0.717) is 6.61 Å². The first-order chi connectivity index (χ1) is 18.7. The molecule has 0 atom stereocenters. The predicted molar refractivity (Wildman–Crippen MR) is 169 cm³/mol. The van der Waals surface area contributed by atoms with Gasteiger partial charge in [-0.3, -0.25) is 0 Å². The van der Waals surface area contributed by atoms with Crippen LogP contribution >= 0.6 is 0 Å². The summed E-state index contributed by atoms with van der Waals surface area (Å²) in [5.41, 5.74) is 3.01. The van der Waals surface area contributed by atoms with Crippen LogP contribution in [0.1, 0.15) is 69.4 Å². The van der Waals surface area contributed by atoms with Gasteiger partial charge in [0.05, 0.1) is 0 Å². The molecule has 0 amide bonds. The molecular formula is C36H46GeO. The standard InChI is InChI=1S/C36H46GeO/c1-3-4-5-6-7-8-9-14-24-37(25-15-26-38-2,29-31-20-22-33-16-10-12-18-35(33)27-31)30-32-21-23-34-17-11-13-19-36(34)28-32/h10-13,15-23,25,27-28H,3-9,14,24,26,29-30H2,1-2H3/b25-15+. The molecule has 200 valence electrons. The third kappa shape index (κ3) is 8.58. The van der Waals surface area contributed by atoms with Crippen molar-refractivity contribution in [2.24, 2.45) is 0 Å². The fraction of sp³-hybridized carbons (Fsp3) is 0.389. The van der Waals surface area contributed by atoms with E-state index in [9.17, 15) is 0 Å². The molecule has 0 unspecified atom stereocenters. The molecule has 0 aliphatic rings. The van der Waals surface area contributed by atoms with Gasteiger partial charge in [0.15, 0.2) is 0 Å². The van der Waals surface area contributed by atoms with Crippen LogP contribution in [0.5, 0.6) is 0 Å². The van der Waals surface area contributed by atoms with Gasteiger partial charge in [-0.05, 0) is 0 Å². The number of unbranched alkanes of at least 4 members (excludes halogenated alkanes) is 7. The number of ether oxygens (including phenoxy) is 1. The molecule has 0 fully saturated rings. The average Bonchev–Trinajstić information content (AvgIpc) is 2.94. The molecule has 4 aromatic carbocycles. The Hall–Kier alpha value is -2.36. The molecule has 0 aliphatic carbocycles. The van der Waals surface area contributed by atoms with Crippen LogP contribution in [0, 0.1) is 0 Å². The summed E-state index contributed by atoms with van der Waals surface area (Å²) in [4.78, 5) is 2.68. The SMILES string of the molecule is CCCCCCCCC[CH2][Ge](/[CH]=C/COC)([CH2]c1ccc2ccccc2c1)[CH2]c1ccc2ccccc2c1. The summed E-state index contributed by atoms with van der Waals surface area (Å²) in [5.74, 6) is 0. The van der Waals surface area contributed by atoms with Crippen LogP contribution in [0.4, 0.5) is 0 Å². The van der Waals surface area contributed by atoms with E-state index in [4.69, 9.17) is 4.74 Å². The minimum atomic E-state index is -2.49. The Bertz CT molecular complexity index is 1210. The molecule has 38 heavy (non-hydrogen) atoms. The Labute approximate surface area is 233 Å². The van der Waals surface area contributed by atoms with Crippen molar-refractivity contribution in [2.45, 2.75) is 74.1 Å². The second-order valence-electron chi connectivity index (χ2n) is 11.2. The van der Waals surface area contributed by atoms with Crippen LogP contribution in [0.3, 0.4) is 0 Å². The van der Waals surface area contributed by atoms with Crippen molar-refractivity contribution >= 4 is 34.8 Å². The zero-order valence-corrected chi connectivity index (χ0v) is 25.7. The summed E-state index contributed by atoms with van der Waals surface area (Å²) < 4.78 is 5.49. The van der Waals surface area contributed by atoms with Crippen molar-refractivity contribution < 1.29 is 4.74 Å². The van der Waals surface area contributed by atoms with E-state index in [2.05, 4.69) is 103 Å². The van der Waals surface area contributed by atoms with Crippen molar-refractivity contribution in [1.82, 2.24) is 0 Å². The van der Waals surface area contributed by atoms with Gasteiger partial charge in [0, 0.05) is 0 Å². The summed E-state index contributed by atoms with van der Waals surface area (Å²) in [6.45, 7) is 3.01. The molecule has 1 nitrogen and oxygen atoms in total. The van der Waals surface area contributed by atoms with E-state index in [1.165, 1.54) is 99.8 Å². The second kappa shape index (κ2) is 15.3. The van der Waals surface area contributed by atoms with Gasteiger partial charge in [0.25, 0.3) is 0 Å². The molecule has 0 aliphatic heterocycles. The molecule has 0 bridgehead atoms. The summed E-state index contributed by atoms with van der Waals surface area (Å²) >= 11 is -2.49. The normalized spacial score (nSPS) is 12.2. The Morgan fingerprint density at radius 2 is 1.11 bits per heavy atom. The van der Waals surface area contributed by atoms with E-state index in [-0.39, 0.29) is 0 Å². The fourth-order valence-electron chi connectivity index (χ4n) is 5.96. The third-order valence-electron chi connectivity index (χ3n) is 8.00. The van der Waals surface area contributed by atoms with Crippen LogP contribution in [0.2, 0.25) is 5.25 Å². The van der Waals surface area contributed by atoms with Gasteiger partial charge in [-0.1, -0.05) is 0 Å². The summed E-state index contributed by atoms with van der Waals surface area (Å²) in [6.07, 6.45) is 13.4. The zero-order valence-electron chi connectivity index (χ0n) is 23.6. The molecule has 0 heterocycles. The van der Waals surface area contributed by atoms with Crippen molar-refractivity contribution in [1.29, 1.82) is 0 Å². The van der Waals surface area contributed by atoms with Crippen molar-refractivity contribution in [2.75, 3.05) is 13.7 Å². The summed E-state index contributed by atoms with van der Waals surface area (Å²) in [6, 6.07) is 31.9. The number of hydrogen-bond donors (Lipinski definition) is 0. The van der Waals surface area contributed by atoms with Gasteiger partial charge >= 0.3 is 234 Å². The maximum absolute atomic E-state index is 5.49. The van der Waals surface area contributed by atoms with Crippen LogP contribution < -0.4 is 0 Å². The quantitative estimate of drug-likeness (QED) is 0.0967. The van der Waals surface area contributed by atoms with Gasteiger partial charge < -0.3 is 0 Å². The molecule has 0 saturated carbocycles. The first-order valence-electron chi connectivity index (χ1n) is 14.8. The summed E-state index contributed by atoms with van der Waals surface area (Å²) in [5, 5.41) is 9.24. The van der Waals surface area contributed by atoms with E-state index in [1.807, 2.05) is 7.11 Å². The second-order valence-corrected chi connectivity index (χ2v) is 20.1. The van der Waals surface area contributed by atoms with Crippen LogP contribution in [0.25, 0.3) is 21.5 Å². The maximum atomic E-state index is 5.49. The van der Waals surface area contributed by atoms with Gasteiger partial charge in [-0.2, -0.15) is 0 Å². The molecule has 0 spiro atoms. The fourth-order valence-corrected chi connectivity index (χ4v) is 15.4. The Morgan fingerprint density at radius 3 is 1.63 bits per heavy atom. The van der Waals surface area contributed by atoms with E-state index in [1.54, 1.807) is 0 Å². The zero-order chi connectivity index (χ0) is 26.5. The average molecular weight is 567 g/mol. The molecular weight excluding hydrogens is 521 g/mol. The first-order valence-corrected chi connectivity index (χ1v) is 20.5. The first kappa shape index (κ1) is 28.6. The van der Waals surface area contributed by atoms with E-state index >= 15 is 0 Å². The molecule has 4 aromatic rings. The molecule has 0 N–H and O–H groups in total. The van der Waals surface area contributed by atoms with E-state index in [0.717, 1.165) is 0 Å². The Kier molecular flexibility index (Phi) is 11.5. The molecule has 0 aromatic heterocycles. The molecule has 0 radical (unpaired) electrons. The minimum absolute atomic E-state index is 0.708. The van der Waals surface area contributed by atoms with Gasteiger partial charge in [-0.15, -0.1) is 0 Å².